The maximum Gasteiger partial charge on any atom is 0.417 e. The van der Waals surface area contributed by atoms with Crippen LogP contribution in [0.3, 0.4) is 0 Å². The second-order valence-corrected chi connectivity index (χ2v) is 8.91. The van der Waals surface area contributed by atoms with E-state index < -0.39 is 44.4 Å². The van der Waals surface area contributed by atoms with E-state index in [1.807, 2.05) is 4.72 Å². The summed E-state index contributed by atoms with van der Waals surface area (Å²) in [5.41, 5.74) is -0.462. The Morgan fingerprint density at radius 2 is 1.84 bits per heavy atom. The quantitative estimate of drug-likeness (QED) is 0.524. The van der Waals surface area contributed by atoms with Crippen LogP contribution in [0, 0.1) is 5.82 Å². The minimum Gasteiger partial charge on any atom is -0.301 e. The van der Waals surface area contributed by atoms with Crippen molar-refractivity contribution in [2.45, 2.75) is 24.0 Å². The van der Waals surface area contributed by atoms with E-state index in [0.717, 1.165) is 29.5 Å². The number of aromatic nitrogens is 1. The Hall–Kier alpha value is -2.83. The molecule has 6 nitrogen and oxygen atoms in total. The van der Waals surface area contributed by atoms with Crippen LogP contribution in [-0.4, -0.2) is 25.4 Å². The molecular formula is C19H15F4N3O3S2. The topological polar surface area (TPSA) is 88.2 Å². The summed E-state index contributed by atoms with van der Waals surface area (Å²) in [4.78, 5) is 15.5. The van der Waals surface area contributed by atoms with Gasteiger partial charge in [0.15, 0.2) is 5.13 Å². The lowest BCUT2D eigenvalue weighted by Gasteiger charge is -2.16. The Kier molecular flexibility index (Phi) is 6.43. The van der Waals surface area contributed by atoms with Crippen LogP contribution in [0.15, 0.2) is 58.8 Å². The molecule has 2 aromatic carbocycles. The second kappa shape index (κ2) is 8.73. The first-order chi connectivity index (χ1) is 14.5. The number of hydrogen-bond donors (Lipinski definition) is 2. The van der Waals surface area contributed by atoms with E-state index in [1.165, 1.54) is 25.1 Å². The highest BCUT2D eigenvalue weighted by Crippen LogP contribution is 2.34. The van der Waals surface area contributed by atoms with Gasteiger partial charge >= 0.3 is 6.18 Å². The summed E-state index contributed by atoms with van der Waals surface area (Å²) in [7, 11) is -4.64. The molecule has 0 aliphatic carbocycles. The van der Waals surface area contributed by atoms with Crippen molar-refractivity contribution in [3.63, 3.8) is 0 Å². The van der Waals surface area contributed by atoms with E-state index in [2.05, 4.69) is 10.3 Å². The fourth-order valence-corrected chi connectivity index (χ4v) is 4.76. The molecule has 0 saturated heterocycles. The van der Waals surface area contributed by atoms with Crippen LogP contribution in [0.1, 0.15) is 12.5 Å². The average molecular weight is 473 g/mol. The molecule has 1 atom stereocenters. The number of sulfonamides is 1. The number of nitrogens with one attached hydrogen (secondary N) is 2. The Morgan fingerprint density at radius 3 is 2.52 bits per heavy atom. The van der Waals surface area contributed by atoms with Crippen LogP contribution in [0.2, 0.25) is 0 Å². The van der Waals surface area contributed by atoms with E-state index in [1.54, 1.807) is 11.4 Å². The molecule has 1 amide bonds. The van der Waals surface area contributed by atoms with Crippen LogP contribution >= 0.6 is 11.3 Å². The molecule has 12 heteroatoms. The zero-order valence-electron chi connectivity index (χ0n) is 15.8. The molecule has 1 aromatic heterocycles. The predicted molar refractivity (Wildman–Crippen MR) is 107 cm³/mol. The van der Waals surface area contributed by atoms with Crippen molar-refractivity contribution in [1.82, 2.24) is 9.71 Å². The summed E-state index contributed by atoms with van der Waals surface area (Å²) in [6, 6.07) is 7.92. The van der Waals surface area contributed by atoms with Crippen LogP contribution in [0.5, 0.6) is 0 Å². The predicted octanol–water partition coefficient (Wildman–Crippen LogP) is 4.27. The second-order valence-electron chi connectivity index (χ2n) is 6.37. The summed E-state index contributed by atoms with van der Waals surface area (Å²) in [6.45, 7) is 1.18. The van der Waals surface area contributed by atoms with Crippen molar-refractivity contribution in [2.24, 2.45) is 0 Å². The molecule has 2 N–H and O–H groups in total. The van der Waals surface area contributed by atoms with Crippen molar-refractivity contribution >= 4 is 32.4 Å². The summed E-state index contributed by atoms with van der Waals surface area (Å²) >= 11 is 1.02. The molecule has 1 heterocycles. The van der Waals surface area contributed by atoms with Gasteiger partial charge in [-0.25, -0.2) is 17.8 Å². The number of hydrogen-bond acceptors (Lipinski definition) is 5. The molecule has 0 unspecified atom stereocenters. The molecule has 0 aliphatic heterocycles. The first-order valence-corrected chi connectivity index (χ1v) is 11.0. The smallest absolute Gasteiger partial charge is 0.301 e. The van der Waals surface area contributed by atoms with Gasteiger partial charge < -0.3 is 5.32 Å². The van der Waals surface area contributed by atoms with Gasteiger partial charge in [-0.05, 0) is 31.2 Å². The Balaban J connectivity index is 1.73. The number of anilines is 1. The third-order valence-corrected chi connectivity index (χ3v) is 6.42. The van der Waals surface area contributed by atoms with Gasteiger partial charge in [0.25, 0.3) is 0 Å². The first kappa shape index (κ1) is 22.8. The summed E-state index contributed by atoms with van der Waals surface area (Å²) < 4.78 is 79.6. The summed E-state index contributed by atoms with van der Waals surface area (Å²) in [5.74, 6) is -1.29. The van der Waals surface area contributed by atoms with Crippen LogP contribution in [0.4, 0.5) is 22.7 Å². The van der Waals surface area contributed by atoms with Crippen molar-refractivity contribution < 1.29 is 30.8 Å². The highest BCUT2D eigenvalue weighted by atomic mass is 32.2. The molecule has 0 saturated carbocycles. The lowest BCUT2D eigenvalue weighted by Crippen LogP contribution is -2.42. The normalized spacial score (nSPS) is 13.1. The molecular weight excluding hydrogens is 458 g/mol. The van der Waals surface area contributed by atoms with Crippen LogP contribution in [-0.2, 0) is 21.0 Å². The SMILES string of the molecule is C[C@H](NS(=O)(=O)c1ccccc1C(F)(F)F)C(=O)Nc1nc(-c2cccc(F)c2)cs1. The van der Waals surface area contributed by atoms with Crippen molar-refractivity contribution in [1.29, 1.82) is 0 Å². The van der Waals surface area contributed by atoms with E-state index >= 15 is 0 Å². The molecule has 0 radical (unpaired) electrons. The molecule has 3 aromatic rings. The van der Waals surface area contributed by atoms with Gasteiger partial charge in [-0.1, -0.05) is 24.3 Å². The molecule has 164 valence electrons. The molecule has 0 spiro atoms. The number of nitrogens with zero attached hydrogens (tertiary/aromatic N) is 1. The summed E-state index contributed by atoms with van der Waals surface area (Å²) in [5, 5.41) is 4.08. The zero-order valence-corrected chi connectivity index (χ0v) is 17.4. The lowest BCUT2D eigenvalue weighted by atomic mass is 10.2. The van der Waals surface area contributed by atoms with Crippen molar-refractivity contribution in [3.8, 4) is 11.3 Å². The van der Waals surface area contributed by atoms with Gasteiger partial charge in [-0.2, -0.15) is 17.9 Å². The number of rotatable bonds is 6. The minimum absolute atomic E-state index is 0.117. The van der Waals surface area contributed by atoms with Gasteiger partial charge in [0.1, 0.15) is 5.82 Å². The zero-order chi connectivity index (χ0) is 22.8. The van der Waals surface area contributed by atoms with Crippen molar-refractivity contribution in [3.05, 3.63) is 65.3 Å². The number of thiazole rings is 1. The highest BCUT2D eigenvalue weighted by molar-refractivity contribution is 7.89. The molecule has 0 fully saturated rings. The monoisotopic (exact) mass is 473 g/mol. The minimum atomic E-state index is -4.88. The number of carbonyl (C=O) groups is 1. The first-order valence-electron chi connectivity index (χ1n) is 8.68. The van der Waals surface area contributed by atoms with Crippen molar-refractivity contribution in [2.75, 3.05) is 5.32 Å². The van der Waals surface area contributed by atoms with Gasteiger partial charge in [0, 0.05) is 10.9 Å². The molecule has 31 heavy (non-hydrogen) atoms. The lowest BCUT2D eigenvalue weighted by molar-refractivity contribution is -0.139. The maximum absolute atomic E-state index is 13.3. The third kappa shape index (κ3) is 5.46. The van der Waals surface area contributed by atoms with Gasteiger partial charge in [-0.3, -0.25) is 4.79 Å². The largest absolute Gasteiger partial charge is 0.417 e. The average Bonchev–Trinajstić information content (AvgIpc) is 3.15. The molecule has 0 aliphatic rings. The Labute approximate surface area is 179 Å². The van der Waals surface area contributed by atoms with E-state index in [4.69, 9.17) is 0 Å². The van der Waals surface area contributed by atoms with E-state index in [0.29, 0.717) is 17.3 Å². The van der Waals surface area contributed by atoms with E-state index in [-0.39, 0.29) is 5.13 Å². The summed E-state index contributed by atoms with van der Waals surface area (Å²) in [6.07, 6.45) is -4.88. The number of halogens is 4. The number of amides is 1. The highest BCUT2D eigenvalue weighted by Gasteiger charge is 2.37. The van der Waals surface area contributed by atoms with Gasteiger partial charge in [0.2, 0.25) is 15.9 Å². The fourth-order valence-electron chi connectivity index (χ4n) is 2.61. The fraction of sp³-hybridized carbons (Fsp3) is 0.158. The third-order valence-electron chi connectivity index (χ3n) is 4.06. The Bertz CT molecular complexity index is 1210. The number of carbonyl (C=O) groups excluding carboxylic acids is 1. The maximum atomic E-state index is 13.3. The number of alkyl halides is 3. The molecule has 0 bridgehead atoms. The van der Waals surface area contributed by atoms with Crippen LogP contribution in [0.25, 0.3) is 11.3 Å². The Morgan fingerprint density at radius 1 is 1.13 bits per heavy atom. The van der Waals surface area contributed by atoms with Gasteiger partial charge in [-0.15, -0.1) is 11.3 Å². The van der Waals surface area contributed by atoms with Gasteiger partial charge in [0.05, 0.1) is 22.2 Å². The van der Waals surface area contributed by atoms with E-state index in [9.17, 15) is 30.8 Å². The standard InChI is InChI=1S/C19H15F4N3O3S2/c1-11(26-31(28,29)16-8-3-2-7-14(16)19(21,22)23)17(27)25-18-24-15(10-30-18)12-5-4-6-13(20)9-12/h2-11,26H,1H3,(H,24,25,27)/t11-/m0/s1. The van der Waals surface area contributed by atoms with Crippen LogP contribution < -0.4 is 10.0 Å². The molecule has 3 rings (SSSR count). The number of benzene rings is 2.